The largest absolute Gasteiger partial charge is 0.353 e. The van der Waals surface area contributed by atoms with Crippen LogP contribution in [-0.2, 0) is 11.3 Å². The first-order valence-corrected chi connectivity index (χ1v) is 15.2. The standard InChI is InChI=1S/C30H34ClFN6O2S/c1-21-18-37(14-15-38(21)29(40)23-8-5-9-24(32)16-23)27-17-26(31)34-30(35-27)41-20-28(39)33-25-10-12-36(13-11-25)19-22-6-3-2-4-7-22/h2-9,16-17,21,25H,10-15,18-20H2,1H3,(H,33,39). The first-order valence-electron chi connectivity index (χ1n) is 13.9. The molecule has 1 aromatic heterocycles. The number of piperidine rings is 1. The number of carbonyl (C=O) groups is 2. The molecule has 1 atom stereocenters. The number of rotatable bonds is 8. The lowest BCUT2D eigenvalue weighted by Crippen LogP contribution is -2.54. The van der Waals surface area contributed by atoms with Crippen LogP contribution < -0.4 is 10.2 Å². The molecule has 3 heterocycles. The van der Waals surface area contributed by atoms with Gasteiger partial charge in [-0.05, 0) is 43.5 Å². The van der Waals surface area contributed by atoms with Crippen LogP contribution in [0.3, 0.4) is 0 Å². The zero-order valence-corrected chi connectivity index (χ0v) is 24.6. The Balaban J connectivity index is 1.10. The maximum Gasteiger partial charge on any atom is 0.254 e. The van der Waals surface area contributed by atoms with Gasteiger partial charge in [-0.25, -0.2) is 14.4 Å². The summed E-state index contributed by atoms with van der Waals surface area (Å²) in [6.07, 6.45) is 1.85. The number of piperazine rings is 1. The number of nitrogens with zero attached hydrogens (tertiary/aromatic N) is 5. The van der Waals surface area contributed by atoms with Gasteiger partial charge in [0.15, 0.2) is 5.16 Å². The van der Waals surface area contributed by atoms with Crippen molar-refractivity contribution in [1.29, 1.82) is 0 Å². The van der Waals surface area contributed by atoms with Crippen LogP contribution in [0.2, 0.25) is 5.15 Å². The molecule has 2 saturated heterocycles. The van der Waals surface area contributed by atoms with E-state index in [-0.39, 0.29) is 29.7 Å². The van der Waals surface area contributed by atoms with Gasteiger partial charge in [0.2, 0.25) is 5.91 Å². The molecule has 0 radical (unpaired) electrons. The Morgan fingerprint density at radius 2 is 1.80 bits per heavy atom. The van der Waals surface area contributed by atoms with Crippen LogP contribution >= 0.6 is 23.4 Å². The van der Waals surface area contributed by atoms with Crippen molar-refractivity contribution >= 4 is 41.0 Å². The van der Waals surface area contributed by atoms with Crippen molar-refractivity contribution in [3.63, 3.8) is 0 Å². The number of hydrogen-bond acceptors (Lipinski definition) is 7. The van der Waals surface area contributed by atoms with Crippen molar-refractivity contribution < 1.29 is 14.0 Å². The number of carbonyl (C=O) groups excluding carboxylic acids is 2. The predicted octanol–water partition coefficient (Wildman–Crippen LogP) is 4.49. The minimum Gasteiger partial charge on any atom is -0.353 e. The van der Waals surface area contributed by atoms with Gasteiger partial charge in [0.1, 0.15) is 16.8 Å². The average Bonchev–Trinajstić information content (AvgIpc) is 2.97. The number of nitrogens with one attached hydrogen (secondary N) is 1. The van der Waals surface area contributed by atoms with E-state index in [0.29, 0.717) is 41.3 Å². The molecular weight excluding hydrogens is 563 g/mol. The molecule has 5 rings (SSSR count). The molecule has 2 aromatic carbocycles. The van der Waals surface area contributed by atoms with Crippen molar-refractivity contribution in [3.05, 3.63) is 82.8 Å². The number of aromatic nitrogens is 2. The third-order valence-corrected chi connectivity index (χ3v) is 8.52. The average molecular weight is 597 g/mol. The Morgan fingerprint density at radius 3 is 2.54 bits per heavy atom. The Hall–Kier alpha value is -3.21. The predicted molar refractivity (Wildman–Crippen MR) is 160 cm³/mol. The molecule has 0 saturated carbocycles. The highest BCUT2D eigenvalue weighted by Crippen LogP contribution is 2.25. The second kappa shape index (κ2) is 13.6. The number of thioether (sulfide) groups is 1. The van der Waals surface area contributed by atoms with E-state index in [1.54, 1.807) is 23.1 Å². The molecule has 1 unspecified atom stereocenters. The molecule has 0 spiro atoms. The summed E-state index contributed by atoms with van der Waals surface area (Å²) in [5, 5.41) is 3.89. The van der Waals surface area contributed by atoms with Gasteiger partial charge >= 0.3 is 0 Å². The third kappa shape index (κ3) is 7.96. The van der Waals surface area contributed by atoms with E-state index in [4.69, 9.17) is 11.6 Å². The summed E-state index contributed by atoms with van der Waals surface area (Å²) in [5.74, 6) is 0.196. The van der Waals surface area contributed by atoms with Gasteiger partial charge in [0.25, 0.3) is 5.91 Å². The van der Waals surface area contributed by atoms with E-state index >= 15 is 0 Å². The number of hydrogen-bond donors (Lipinski definition) is 1. The SMILES string of the molecule is CC1CN(c2cc(Cl)nc(SCC(=O)NC3CCN(Cc4ccccc4)CC3)n2)CCN1C(=O)c1cccc(F)c1. The molecule has 2 aliphatic rings. The van der Waals surface area contributed by atoms with E-state index in [9.17, 15) is 14.0 Å². The molecule has 0 bridgehead atoms. The number of halogens is 2. The van der Waals surface area contributed by atoms with Gasteiger partial charge in [-0.3, -0.25) is 14.5 Å². The first-order chi connectivity index (χ1) is 19.8. The molecule has 2 amide bonds. The van der Waals surface area contributed by atoms with Gasteiger partial charge < -0.3 is 15.1 Å². The van der Waals surface area contributed by atoms with E-state index in [0.717, 1.165) is 32.5 Å². The number of amides is 2. The second-order valence-electron chi connectivity index (χ2n) is 10.5. The molecular formula is C30H34ClFN6O2S. The van der Waals surface area contributed by atoms with Crippen LogP contribution in [-0.4, -0.2) is 82.1 Å². The number of anilines is 1. The van der Waals surface area contributed by atoms with Gasteiger partial charge in [0, 0.05) is 63.0 Å². The summed E-state index contributed by atoms with van der Waals surface area (Å²) < 4.78 is 13.6. The summed E-state index contributed by atoms with van der Waals surface area (Å²) in [7, 11) is 0. The summed E-state index contributed by atoms with van der Waals surface area (Å²) in [5.41, 5.74) is 1.64. The highest BCUT2D eigenvalue weighted by molar-refractivity contribution is 7.99. The lowest BCUT2D eigenvalue weighted by atomic mass is 10.0. The quantitative estimate of drug-likeness (QED) is 0.233. The summed E-state index contributed by atoms with van der Waals surface area (Å²) >= 11 is 7.59. The minimum atomic E-state index is -0.430. The molecule has 41 heavy (non-hydrogen) atoms. The Labute approximate surface area is 249 Å². The maximum atomic E-state index is 13.6. The zero-order chi connectivity index (χ0) is 28.8. The molecule has 0 aliphatic carbocycles. The Morgan fingerprint density at radius 1 is 1.02 bits per heavy atom. The monoisotopic (exact) mass is 596 g/mol. The topological polar surface area (TPSA) is 81.7 Å². The van der Waals surface area contributed by atoms with Crippen LogP contribution in [0.15, 0.2) is 65.8 Å². The number of benzene rings is 2. The Bertz CT molecular complexity index is 1360. The summed E-state index contributed by atoms with van der Waals surface area (Å²) in [6.45, 7) is 6.35. The van der Waals surface area contributed by atoms with E-state index in [1.807, 2.05) is 13.0 Å². The zero-order valence-electron chi connectivity index (χ0n) is 23.0. The van der Waals surface area contributed by atoms with E-state index < -0.39 is 5.82 Å². The maximum absolute atomic E-state index is 13.6. The molecule has 1 N–H and O–H groups in total. The normalized spacial score (nSPS) is 18.4. The second-order valence-corrected chi connectivity index (χ2v) is 11.9. The van der Waals surface area contributed by atoms with Gasteiger partial charge in [-0.15, -0.1) is 0 Å². The summed E-state index contributed by atoms with van der Waals surface area (Å²) in [6, 6.07) is 18.0. The van der Waals surface area contributed by atoms with Crippen LogP contribution in [0, 0.1) is 5.82 Å². The first kappa shape index (κ1) is 29.3. The van der Waals surface area contributed by atoms with Gasteiger partial charge in [-0.2, -0.15) is 0 Å². The fraction of sp³-hybridized carbons (Fsp3) is 0.400. The highest BCUT2D eigenvalue weighted by atomic mass is 35.5. The number of likely N-dealkylation sites (tertiary alicyclic amines) is 1. The fourth-order valence-electron chi connectivity index (χ4n) is 5.34. The van der Waals surface area contributed by atoms with Crippen molar-refractivity contribution in [2.45, 2.75) is 43.6 Å². The van der Waals surface area contributed by atoms with Gasteiger partial charge in [-0.1, -0.05) is 59.8 Å². The van der Waals surface area contributed by atoms with Crippen molar-refractivity contribution in [2.75, 3.05) is 43.4 Å². The summed E-state index contributed by atoms with van der Waals surface area (Å²) in [4.78, 5) is 40.8. The fourth-order valence-corrected chi connectivity index (χ4v) is 6.24. The molecule has 3 aromatic rings. The van der Waals surface area contributed by atoms with E-state index in [2.05, 4.69) is 49.4 Å². The lowest BCUT2D eigenvalue weighted by Gasteiger charge is -2.40. The van der Waals surface area contributed by atoms with Crippen LogP contribution in [0.4, 0.5) is 10.2 Å². The molecule has 8 nitrogen and oxygen atoms in total. The van der Waals surface area contributed by atoms with E-state index in [1.165, 1.54) is 29.5 Å². The van der Waals surface area contributed by atoms with Crippen LogP contribution in [0.5, 0.6) is 0 Å². The Kier molecular flexibility index (Phi) is 9.74. The lowest BCUT2D eigenvalue weighted by molar-refractivity contribution is -0.119. The molecule has 2 fully saturated rings. The smallest absolute Gasteiger partial charge is 0.254 e. The minimum absolute atomic E-state index is 0.0419. The molecule has 2 aliphatic heterocycles. The van der Waals surface area contributed by atoms with Crippen LogP contribution in [0.25, 0.3) is 0 Å². The van der Waals surface area contributed by atoms with Crippen molar-refractivity contribution in [2.24, 2.45) is 0 Å². The third-order valence-electron chi connectivity index (χ3n) is 7.48. The molecule has 11 heteroatoms. The highest BCUT2D eigenvalue weighted by Gasteiger charge is 2.29. The van der Waals surface area contributed by atoms with Gasteiger partial charge in [0.05, 0.1) is 5.75 Å². The van der Waals surface area contributed by atoms with Crippen LogP contribution in [0.1, 0.15) is 35.7 Å². The molecule has 216 valence electrons. The van der Waals surface area contributed by atoms with Crippen molar-refractivity contribution in [1.82, 2.24) is 25.1 Å². The van der Waals surface area contributed by atoms with Crippen molar-refractivity contribution in [3.8, 4) is 0 Å².